The molecular weight excluding hydrogens is 226 g/mol. The zero-order valence-electron chi connectivity index (χ0n) is 7.77. The van der Waals surface area contributed by atoms with Crippen molar-refractivity contribution in [2.75, 3.05) is 6.67 Å². The Kier molecular flexibility index (Phi) is 4.81. The zero-order valence-corrected chi connectivity index (χ0v) is 9.41. The number of aliphatic imine (C=N–C) groups is 1. The Balaban J connectivity index is 4.41. The smallest absolute Gasteiger partial charge is 0.250 e. The first-order valence-electron chi connectivity index (χ1n) is 3.57. The quantitative estimate of drug-likeness (QED) is 0.493. The Morgan fingerprint density at radius 3 is 2.36 bits per heavy atom. The van der Waals surface area contributed by atoms with Crippen LogP contribution in [-0.4, -0.2) is 30.9 Å². The van der Waals surface area contributed by atoms with Crippen molar-refractivity contribution in [2.24, 2.45) is 10.1 Å². The fourth-order valence-corrected chi connectivity index (χ4v) is 1.08. The lowest BCUT2D eigenvalue weighted by Gasteiger charge is -2.01. The molecule has 0 aliphatic carbocycles. The lowest BCUT2D eigenvalue weighted by atomic mass is 10.5. The summed E-state index contributed by atoms with van der Waals surface area (Å²) in [5.74, 6) is -0.261. The van der Waals surface area contributed by atoms with Gasteiger partial charge in [-0.15, -0.1) is 0 Å². The van der Waals surface area contributed by atoms with Gasteiger partial charge >= 0.3 is 0 Å². The van der Waals surface area contributed by atoms with E-state index >= 15 is 0 Å². The van der Waals surface area contributed by atoms with E-state index in [1.807, 2.05) is 0 Å². The van der Waals surface area contributed by atoms with E-state index in [9.17, 15) is 13.2 Å². The van der Waals surface area contributed by atoms with E-state index in [1.54, 1.807) is 0 Å². The highest BCUT2D eigenvalue weighted by Crippen LogP contribution is 1.90. The second-order valence-electron chi connectivity index (χ2n) is 2.47. The summed E-state index contributed by atoms with van der Waals surface area (Å²) in [4.78, 5) is 14.2. The normalized spacial score (nSPS) is 12.4. The van der Waals surface area contributed by atoms with E-state index in [4.69, 9.17) is 5.14 Å². The van der Waals surface area contributed by atoms with Crippen LogP contribution in [0.2, 0.25) is 0 Å². The van der Waals surface area contributed by atoms with Gasteiger partial charge in [-0.3, -0.25) is 9.79 Å². The molecule has 0 unspecified atom stereocenters. The molecule has 0 aromatic heterocycles. The molecule has 0 aliphatic rings. The summed E-state index contributed by atoms with van der Waals surface area (Å²) in [5.41, 5.74) is 0.108. The second kappa shape index (κ2) is 5.13. The molecule has 0 aromatic carbocycles. The Bertz CT molecular complexity index is 372. The van der Waals surface area contributed by atoms with E-state index in [2.05, 4.69) is 22.5 Å². The maximum atomic E-state index is 10.7. The van der Waals surface area contributed by atoms with Crippen LogP contribution >= 0.6 is 12.2 Å². The van der Waals surface area contributed by atoms with Crippen LogP contribution in [-0.2, 0) is 14.8 Å². The van der Waals surface area contributed by atoms with Crippen LogP contribution in [0.1, 0.15) is 13.8 Å². The summed E-state index contributed by atoms with van der Waals surface area (Å²) in [7, 11) is -3.86. The molecule has 0 fully saturated rings. The topological polar surface area (TPSA) is 102 Å². The van der Waals surface area contributed by atoms with E-state index in [0.29, 0.717) is 0 Å². The third kappa shape index (κ3) is 5.00. The van der Waals surface area contributed by atoms with Gasteiger partial charge in [0, 0.05) is 6.92 Å². The number of amides is 1. The van der Waals surface area contributed by atoms with Crippen molar-refractivity contribution in [1.29, 1.82) is 0 Å². The summed E-state index contributed by atoms with van der Waals surface area (Å²) in [6.07, 6.45) is 0. The fourth-order valence-electron chi connectivity index (χ4n) is 0.540. The first kappa shape index (κ1) is 13.1. The zero-order chi connectivity index (χ0) is 11.4. The number of primary sulfonamides is 1. The van der Waals surface area contributed by atoms with Crippen LogP contribution in [0.3, 0.4) is 0 Å². The molecule has 80 valence electrons. The molecule has 0 spiro atoms. The Morgan fingerprint density at radius 1 is 1.50 bits per heavy atom. The molecule has 0 aliphatic heterocycles. The first-order valence-corrected chi connectivity index (χ1v) is 5.53. The molecule has 0 atom stereocenters. The molecule has 0 saturated carbocycles. The Labute approximate surface area is 87.6 Å². The predicted molar refractivity (Wildman–Crippen MR) is 57.5 cm³/mol. The molecule has 3 N–H and O–H groups in total. The van der Waals surface area contributed by atoms with Gasteiger partial charge in [0.2, 0.25) is 15.9 Å². The first-order chi connectivity index (χ1) is 6.25. The molecule has 6 nitrogen and oxygen atoms in total. The van der Waals surface area contributed by atoms with Crippen molar-refractivity contribution in [3.63, 3.8) is 0 Å². The highest BCUT2D eigenvalue weighted by Gasteiger charge is 2.14. The average molecular weight is 237 g/mol. The van der Waals surface area contributed by atoms with Crippen molar-refractivity contribution in [1.82, 2.24) is 5.32 Å². The van der Waals surface area contributed by atoms with Gasteiger partial charge in [-0.1, -0.05) is 12.2 Å². The number of nitrogens with two attached hydrogens (primary N) is 1. The predicted octanol–water partition coefficient (Wildman–Crippen LogP) is -0.843. The van der Waals surface area contributed by atoms with E-state index in [-0.39, 0.29) is 18.3 Å². The van der Waals surface area contributed by atoms with Gasteiger partial charge in [0.15, 0.2) is 4.20 Å². The number of rotatable bonds is 3. The van der Waals surface area contributed by atoms with Gasteiger partial charge in [-0.25, -0.2) is 13.6 Å². The Hall–Kier alpha value is -0.860. The lowest BCUT2D eigenvalue weighted by molar-refractivity contribution is -0.118. The number of sulfonamides is 1. The molecule has 0 saturated heterocycles. The highest BCUT2D eigenvalue weighted by molar-refractivity contribution is 8.18. The van der Waals surface area contributed by atoms with Crippen LogP contribution in [0.4, 0.5) is 0 Å². The summed E-state index contributed by atoms with van der Waals surface area (Å²) in [6, 6.07) is 0. The van der Waals surface area contributed by atoms with E-state index in [1.165, 1.54) is 13.8 Å². The maximum Gasteiger partial charge on any atom is 0.250 e. The largest absolute Gasteiger partial charge is 0.337 e. The molecule has 0 aromatic rings. The average Bonchev–Trinajstić information content (AvgIpc) is 2.00. The van der Waals surface area contributed by atoms with Crippen LogP contribution in [0.25, 0.3) is 0 Å². The van der Waals surface area contributed by atoms with Gasteiger partial charge in [0.25, 0.3) is 0 Å². The number of hydrogen-bond acceptors (Lipinski definition) is 5. The van der Waals surface area contributed by atoms with Gasteiger partial charge in [0.1, 0.15) is 6.67 Å². The molecule has 8 heteroatoms. The number of carbonyl (C=O) groups excluding carboxylic acids is 1. The van der Waals surface area contributed by atoms with Crippen LogP contribution in [0.5, 0.6) is 0 Å². The number of carbonyl (C=O) groups is 1. The SMILES string of the molecule is CC(=O)NCN=C(C)C(=S)S(N)(=O)=O. The molecule has 0 bridgehead atoms. The molecule has 0 radical (unpaired) electrons. The summed E-state index contributed by atoms with van der Waals surface area (Å²) in [6.45, 7) is 2.72. The third-order valence-electron chi connectivity index (χ3n) is 1.20. The van der Waals surface area contributed by atoms with Crippen molar-refractivity contribution in [3.05, 3.63) is 0 Å². The monoisotopic (exact) mass is 237 g/mol. The van der Waals surface area contributed by atoms with Crippen LogP contribution in [0, 0.1) is 0 Å². The number of nitrogens with one attached hydrogen (secondary N) is 1. The molecule has 0 heterocycles. The van der Waals surface area contributed by atoms with Crippen LogP contribution in [0.15, 0.2) is 4.99 Å². The lowest BCUT2D eigenvalue weighted by Crippen LogP contribution is -2.28. The standard InChI is InChI=1S/C6H11N3O3S2/c1-4(6(13)14(7,11)12)8-3-9-5(2)10/h3H2,1-2H3,(H,9,10)(H2,7,11,12). The van der Waals surface area contributed by atoms with Crippen molar-refractivity contribution < 1.29 is 13.2 Å². The Morgan fingerprint density at radius 2 is 2.00 bits per heavy atom. The summed E-state index contributed by atoms with van der Waals surface area (Å²) >= 11 is 4.54. The third-order valence-corrected chi connectivity index (χ3v) is 3.00. The van der Waals surface area contributed by atoms with Gasteiger partial charge in [0.05, 0.1) is 5.71 Å². The van der Waals surface area contributed by atoms with Crippen molar-refractivity contribution >= 4 is 38.1 Å². The van der Waals surface area contributed by atoms with Crippen molar-refractivity contribution in [2.45, 2.75) is 13.8 Å². The minimum absolute atomic E-state index is 0.0170. The molecule has 0 rings (SSSR count). The fraction of sp³-hybridized carbons (Fsp3) is 0.500. The van der Waals surface area contributed by atoms with E-state index < -0.39 is 14.2 Å². The van der Waals surface area contributed by atoms with Crippen molar-refractivity contribution in [3.8, 4) is 0 Å². The summed E-state index contributed by atoms with van der Waals surface area (Å²) in [5, 5.41) is 7.14. The number of nitrogens with zero attached hydrogens (tertiary/aromatic N) is 1. The minimum atomic E-state index is -3.86. The van der Waals surface area contributed by atoms with Gasteiger partial charge in [-0.05, 0) is 6.92 Å². The highest BCUT2D eigenvalue weighted by atomic mass is 32.2. The van der Waals surface area contributed by atoms with Crippen LogP contribution < -0.4 is 10.5 Å². The van der Waals surface area contributed by atoms with Gasteiger partial charge in [-0.2, -0.15) is 0 Å². The molecule has 14 heavy (non-hydrogen) atoms. The second-order valence-corrected chi connectivity index (χ2v) is 4.63. The molecule has 1 amide bonds. The summed E-state index contributed by atoms with van der Waals surface area (Å²) < 4.78 is 21.1. The number of hydrogen-bond donors (Lipinski definition) is 2. The number of thiocarbonyl (C=S) groups is 1. The maximum absolute atomic E-state index is 10.7. The minimum Gasteiger partial charge on any atom is -0.337 e. The van der Waals surface area contributed by atoms with E-state index in [0.717, 1.165) is 0 Å². The van der Waals surface area contributed by atoms with Gasteiger partial charge < -0.3 is 5.32 Å². The molecular formula is C6H11N3O3S2.